The van der Waals surface area contributed by atoms with Gasteiger partial charge in [-0.1, -0.05) is 12.1 Å². The standard InChI is InChI=1S/C11H13F3N2O2/c1-7(15)10(17)16-6-8-2-4-9(5-3-8)18-11(12,13)14/h2-5,7H,6,15H2,1H3,(H,16,17)/t7-/m1/s1. The number of benzene rings is 1. The third-order valence-corrected chi connectivity index (χ3v) is 2.04. The minimum absolute atomic E-state index is 0.201. The van der Waals surface area contributed by atoms with Gasteiger partial charge in [-0.05, 0) is 24.6 Å². The number of rotatable bonds is 4. The Labute approximate surface area is 102 Å². The highest BCUT2D eigenvalue weighted by Crippen LogP contribution is 2.22. The summed E-state index contributed by atoms with van der Waals surface area (Å²) in [5.41, 5.74) is 5.99. The van der Waals surface area contributed by atoms with Gasteiger partial charge in [0.25, 0.3) is 0 Å². The van der Waals surface area contributed by atoms with Gasteiger partial charge in [0.2, 0.25) is 5.91 Å². The molecule has 0 aromatic heterocycles. The van der Waals surface area contributed by atoms with E-state index in [2.05, 4.69) is 10.1 Å². The summed E-state index contributed by atoms with van der Waals surface area (Å²) < 4.78 is 39.4. The molecule has 0 heterocycles. The molecule has 0 bridgehead atoms. The molecule has 18 heavy (non-hydrogen) atoms. The summed E-state index contributed by atoms with van der Waals surface area (Å²) in [6.07, 6.45) is -4.70. The Morgan fingerprint density at radius 1 is 1.39 bits per heavy atom. The molecule has 0 fully saturated rings. The molecule has 0 unspecified atom stereocenters. The van der Waals surface area contributed by atoms with E-state index in [-0.39, 0.29) is 18.2 Å². The lowest BCUT2D eigenvalue weighted by molar-refractivity contribution is -0.274. The fourth-order valence-electron chi connectivity index (χ4n) is 1.16. The van der Waals surface area contributed by atoms with Crippen LogP contribution >= 0.6 is 0 Å². The van der Waals surface area contributed by atoms with Crippen molar-refractivity contribution in [2.24, 2.45) is 5.73 Å². The summed E-state index contributed by atoms with van der Waals surface area (Å²) in [5.74, 6) is -0.629. The van der Waals surface area contributed by atoms with Gasteiger partial charge in [-0.15, -0.1) is 13.2 Å². The second kappa shape index (κ2) is 5.72. The van der Waals surface area contributed by atoms with Crippen LogP contribution in [0.15, 0.2) is 24.3 Å². The van der Waals surface area contributed by atoms with Crippen LogP contribution in [0.1, 0.15) is 12.5 Å². The predicted molar refractivity (Wildman–Crippen MR) is 58.6 cm³/mol. The van der Waals surface area contributed by atoms with Crippen LogP contribution in [0.4, 0.5) is 13.2 Å². The van der Waals surface area contributed by atoms with E-state index in [1.807, 2.05) is 0 Å². The Morgan fingerprint density at radius 3 is 2.39 bits per heavy atom. The Bertz CT molecular complexity index is 402. The van der Waals surface area contributed by atoms with Crippen LogP contribution < -0.4 is 15.8 Å². The molecule has 0 saturated heterocycles. The Hall–Kier alpha value is -1.76. The number of hydrogen-bond acceptors (Lipinski definition) is 3. The van der Waals surface area contributed by atoms with E-state index in [1.165, 1.54) is 31.2 Å². The molecule has 1 atom stereocenters. The van der Waals surface area contributed by atoms with Crippen molar-refractivity contribution < 1.29 is 22.7 Å². The maximum atomic E-state index is 11.9. The van der Waals surface area contributed by atoms with E-state index >= 15 is 0 Å². The first-order chi connectivity index (χ1) is 8.28. The smallest absolute Gasteiger partial charge is 0.406 e. The first-order valence-electron chi connectivity index (χ1n) is 5.16. The lowest BCUT2D eigenvalue weighted by atomic mass is 10.2. The first-order valence-corrected chi connectivity index (χ1v) is 5.16. The molecule has 3 N–H and O–H groups in total. The van der Waals surface area contributed by atoms with Gasteiger partial charge in [-0.3, -0.25) is 4.79 Å². The van der Waals surface area contributed by atoms with E-state index in [0.717, 1.165) is 0 Å². The average molecular weight is 262 g/mol. The van der Waals surface area contributed by atoms with Crippen molar-refractivity contribution in [1.82, 2.24) is 5.32 Å². The highest BCUT2D eigenvalue weighted by Gasteiger charge is 2.30. The normalized spacial score (nSPS) is 12.9. The summed E-state index contributed by atoms with van der Waals surface area (Å²) in [7, 11) is 0. The van der Waals surface area contributed by atoms with Gasteiger partial charge in [0, 0.05) is 6.54 Å². The van der Waals surface area contributed by atoms with Crippen molar-refractivity contribution in [2.45, 2.75) is 25.9 Å². The Morgan fingerprint density at radius 2 is 1.94 bits per heavy atom. The van der Waals surface area contributed by atoms with Crippen molar-refractivity contribution in [1.29, 1.82) is 0 Å². The summed E-state index contributed by atoms with van der Waals surface area (Å²) >= 11 is 0. The first kappa shape index (κ1) is 14.3. The quantitative estimate of drug-likeness (QED) is 0.865. The summed E-state index contributed by atoms with van der Waals surface area (Å²) in [6, 6.07) is 4.60. The average Bonchev–Trinajstić information content (AvgIpc) is 2.25. The van der Waals surface area contributed by atoms with Gasteiger partial charge >= 0.3 is 6.36 Å². The molecule has 0 aliphatic carbocycles. The summed E-state index contributed by atoms with van der Waals surface area (Å²) in [6.45, 7) is 1.74. The number of halogens is 3. The van der Waals surface area contributed by atoms with Gasteiger partial charge in [-0.25, -0.2) is 0 Å². The maximum absolute atomic E-state index is 11.9. The molecular weight excluding hydrogens is 249 g/mol. The number of alkyl halides is 3. The van der Waals surface area contributed by atoms with Crippen molar-refractivity contribution in [3.8, 4) is 5.75 Å². The Kier molecular flexibility index (Phi) is 4.55. The molecule has 0 spiro atoms. The molecular formula is C11H13F3N2O2. The van der Waals surface area contributed by atoms with E-state index in [4.69, 9.17) is 5.73 Å². The molecule has 0 aliphatic heterocycles. The van der Waals surface area contributed by atoms with Crippen molar-refractivity contribution in [3.63, 3.8) is 0 Å². The fourth-order valence-corrected chi connectivity index (χ4v) is 1.16. The van der Waals surface area contributed by atoms with Crippen molar-refractivity contribution in [3.05, 3.63) is 29.8 Å². The van der Waals surface area contributed by atoms with E-state index in [1.54, 1.807) is 0 Å². The molecule has 1 amide bonds. The second-order valence-electron chi connectivity index (χ2n) is 3.70. The SMILES string of the molecule is C[C@@H](N)C(=O)NCc1ccc(OC(F)(F)F)cc1. The second-order valence-corrected chi connectivity index (χ2v) is 3.70. The third kappa shape index (κ3) is 5.05. The van der Waals surface area contributed by atoms with Crippen molar-refractivity contribution >= 4 is 5.91 Å². The van der Waals surface area contributed by atoms with Crippen LogP contribution in [-0.2, 0) is 11.3 Å². The third-order valence-electron chi connectivity index (χ3n) is 2.04. The molecule has 0 aliphatic rings. The van der Waals surface area contributed by atoms with Gasteiger partial charge in [0.05, 0.1) is 6.04 Å². The minimum atomic E-state index is -4.70. The van der Waals surface area contributed by atoms with Crippen LogP contribution in [0, 0.1) is 0 Å². The fraction of sp³-hybridized carbons (Fsp3) is 0.364. The number of nitrogens with two attached hydrogens (primary N) is 1. The lowest BCUT2D eigenvalue weighted by Gasteiger charge is -2.10. The van der Waals surface area contributed by atoms with Gasteiger partial charge in [0.1, 0.15) is 5.75 Å². The number of hydrogen-bond donors (Lipinski definition) is 2. The molecule has 1 aromatic carbocycles. The van der Waals surface area contributed by atoms with Crippen LogP contribution in [0.25, 0.3) is 0 Å². The van der Waals surface area contributed by atoms with Crippen LogP contribution in [0.5, 0.6) is 5.75 Å². The van der Waals surface area contributed by atoms with E-state index < -0.39 is 12.4 Å². The molecule has 1 aromatic rings. The molecule has 7 heteroatoms. The number of nitrogens with one attached hydrogen (secondary N) is 1. The van der Waals surface area contributed by atoms with Gasteiger partial charge < -0.3 is 15.8 Å². The summed E-state index contributed by atoms with van der Waals surface area (Å²) in [5, 5.41) is 2.54. The lowest BCUT2D eigenvalue weighted by Crippen LogP contribution is -2.37. The zero-order valence-electron chi connectivity index (χ0n) is 9.62. The monoisotopic (exact) mass is 262 g/mol. The largest absolute Gasteiger partial charge is 0.573 e. The molecule has 4 nitrogen and oxygen atoms in total. The van der Waals surface area contributed by atoms with E-state index in [9.17, 15) is 18.0 Å². The highest BCUT2D eigenvalue weighted by molar-refractivity contribution is 5.80. The predicted octanol–water partition coefficient (Wildman–Crippen LogP) is 1.55. The summed E-state index contributed by atoms with van der Waals surface area (Å²) in [4.78, 5) is 11.2. The molecule has 0 saturated carbocycles. The number of carbonyl (C=O) groups is 1. The number of ether oxygens (including phenoxy) is 1. The van der Waals surface area contributed by atoms with Crippen LogP contribution in [0.3, 0.4) is 0 Å². The number of amides is 1. The van der Waals surface area contributed by atoms with E-state index in [0.29, 0.717) is 5.56 Å². The molecule has 1 rings (SSSR count). The number of carbonyl (C=O) groups excluding carboxylic acids is 1. The highest BCUT2D eigenvalue weighted by atomic mass is 19.4. The molecule has 100 valence electrons. The maximum Gasteiger partial charge on any atom is 0.573 e. The van der Waals surface area contributed by atoms with Crippen molar-refractivity contribution in [2.75, 3.05) is 0 Å². The van der Waals surface area contributed by atoms with Gasteiger partial charge in [0.15, 0.2) is 0 Å². The minimum Gasteiger partial charge on any atom is -0.406 e. The van der Waals surface area contributed by atoms with Crippen LogP contribution in [-0.4, -0.2) is 18.3 Å². The Balaban J connectivity index is 2.53. The zero-order chi connectivity index (χ0) is 13.8. The topological polar surface area (TPSA) is 64.4 Å². The zero-order valence-corrected chi connectivity index (χ0v) is 9.62. The van der Waals surface area contributed by atoms with Gasteiger partial charge in [-0.2, -0.15) is 0 Å². The van der Waals surface area contributed by atoms with Crippen LogP contribution in [0.2, 0.25) is 0 Å². The molecule has 0 radical (unpaired) electrons.